The molecule has 0 aliphatic carbocycles. The number of aryl methyl sites for hydroxylation is 1. The Hall–Kier alpha value is -1.46. The Labute approximate surface area is 112 Å². The minimum atomic E-state index is 0.0693. The number of thiazole rings is 1. The van der Waals surface area contributed by atoms with E-state index in [1.807, 2.05) is 29.1 Å². The molecule has 3 aromatic rings. The van der Waals surface area contributed by atoms with Gasteiger partial charge in [-0.05, 0) is 23.9 Å². The lowest BCUT2D eigenvalue weighted by atomic mass is 10.3. The summed E-state index contributed by atoms with van der Waals surface area (Å²) < 4.78 is 2.77. The highest BCUT2D eigenvalue weighted by molar-refractivity contribution is 7.17. The summed E-state index contributed by atoms with van der Waals surface area (Å²) in [6.07, 6.45) is 2.80. The molecule has 3 rings (SSSR count). The normalized spacial score (nSPS) is 11.2. The van der Waals surface area contributed by atoms with Gasteiger partial charge < -0.3 is 4.57 Å². The summed E-state index contributed by atoms with van der Waals surface area (Å²) in [6.45, 7) is 2.65. The molecule has 0 spiro atoms. The molecule has 3 nitrogen and oxygen atoms in total. The van der Waals surface area contributed by atoms with Crippen LogP contribution >= 0.6 is 22.7 Å². The number of rotatable bonds is 3. The lowest BCUT2D eigenvalue weighted by Gasteiger charge is -2.02. The van der Waals surface area contributed by atoms with E-state index in [2.05, 4.69) is 11.9 Å². The Morgan fingerprint density at radius 1 is 1.33 bits per heavy atom. The largest absolute Gasteiger partial charge is 0.309 e. The first-order valence-electron chi connectivity index (χ1n) is 5.78. The van der Waals surface area contributed by atoms with Gasteiger partial charge in [0.05, 0.1) is 22.6 Å². The average Bonchev–Trinajstić information content (AvgIpc) is 3.01. The fourth-order valence-electron chi connectivity index (χ4n) is 1.89. The Bertz CT molecular complexity index is 739. The van der Waals surface area contributed by atoms with Gasteiger partial charge in [-0.2, -0.15) is 0 Å². The summed E-state index contributed by atoms with van der Waals surface area (Å²) in [4.78, 5) is 16.7. The van der Waals surface area contributed by atoms with Crippen LogP contribution in [0, 0.1) is 0 Å². The molecule has 3 aromatic heterocycles. The third-order valence-electron chi connectivity index (χ3n) is 2.83. The van der Waals surface area contributed by atoms with Crippen molar-refractivity contribution in [2.75, 3.05) is 0 Å². The Kier molecular flexibility index (Phi) is 3.01. The first kappa shape index (κ1) is 11.6. The Morgan fingerprint density at radius 2 is 2.22 bits per heavy atom. The monoisotopic (exact) mass is 276 g/mol. The van der Waals surface area contributed by atoms with E-state index >= 15 is 0 Å². The smallest absolute Gasteiger partial charge is 0.259 e. The maximum absolute atomic E-state index is 12.2. The van der Waals surface area contributed by atoms with Crippen molar-refractivity contribution in [1.82, 2.24) is 9.55 Å². The molecular formula is C13H12N2OS2. The van der Waals surface area contributed by atoms with Gasteiger partial charge in [0.15, 0.2) is 0 Å². The van der Waals surface area contributed by atoms with Gasteiger partial charge >= 0.3 is 0 Å². The van der Waals surface area contributed by atoms with E-state index in [9.17, 15) is 4.79 Å². The second-order valence-corrected chi connectivity index (χ2v) is 5.92. The van der Waals surface area contributed by atoms with Gasteiger partial charge in [-0.25, -0.2) is 4.98 Å². The maximum Gasteiger partial charge on any atom is 0.259 e. The van der Waals surface area contributed by atoms with Crippen LogP contribution in [-0.4, -0.2) is 9.55 Å². The van der Waals surface area contributed by atoms with Gasteiger partial charge in [-0.3, -0.25) is 4.79 Å². The lowest BCUT2D eigenvalue weighted by Crippen LogP contribution is -2.19. The average molecular weight is 276 g/mol. The van der Waals surface area contributed by atoms with Gasteiger partial charge in [0.2, 0.25) is 0 Å². The number of fused-ring (bicyclic) bond motifs is 1. The zero-order valence-corrected chi connectivity index (χ0v) is 11.6. The molecule has 0 radical (unpaired) electrons. The van der Waals surface area contributed by atoms with Gasteiger partial charge in [0.1, 0.15) is 0 Å². The van der Waals surface area contributed by atoms with Crippen LogP contribution in [-0.2, 0) is 13.0 Å². The Balaban J connectivity index is 1.99. The third-order valence-corrected chi connectivity index (χ3v) is 4.75. The van der Waals surface area contributed by atoms with Crippen LogP contribution in [0.25, 0.3) is 10.1 Å². The van der Waals surface area contributed by atoms with Gasteiger partial charge in [-0.1, -0.05) is 6.92 Å². The second-order valence-electron chi connectivity index (χ2n) is 4.03. The van der Waals surface area contributed by atoms with E-state index in [1.165, 1.54) is 0 Å². The predicted octanol–water partition coefficient (Wildman–Crippen LogP) is 3.13. The van der Waals surface area contributed by atoms with Crippen molar-refractivity contribution < 1.29 is 0 Å². The molecule has 0 saturated carbocycles. The van der Waals surface area contributed by atoms with Crippen molar-refractivity contribution in [3.05, 3.63) is 50.1 Å². The van der Waals surface area contributed by atoms with Crippen molar-refractivity contribution in [1.29, 1.82) is 0 Å². The molecule has 0 N–H and O–H groups in total. The van der Waals surface area contributed by atoms with Crippen LogP contribution in [0.15, 0.2) is 33.9 Å². The summed E-state index contributed by atoms with van der Waals surface area (Å²) in [5, 5.41) is 5.90. The van der Waals surface area contributed by atoms with Crippen LogP contribution in [0.4, 0.5) is 0 Å². The van der Waals surface area contributed by atoms with E-state index in [4.69, 9.17) is 0 Å². The van der Waals surface area contributed by atoms with E-state index < -0.39 is 0 Å². The molecule has 0 atom stereocenters. The zero-order valence-electron chi connectivity index (χ0n) is 9.92. The molecule has 5 heteroatoms. The lowest BCUT2D eigenvalue weighted by molar-refractivity contribution is 0.749. The molecule has 0 fully saturated rings. The van der Waals surface area contributed by atoms with Crippen LogP contribution in [0.5, 0.6) is 0 Å². The van der Waals surface area contributed by atoms with Crippen molar-refractivity contribution in [2.24, 2.45) is 0 Å². The second kappa shape index (κ2) is 4.66. The van der Waals surface area contributed by atoms with Crippen LogP contribution in [0.3, 0.4) is 0 Å². The minimum absolute atomic E-state index is 0.0693. The quantitative estimate of drug-likeness (QED) is 0.736. The highest BCUT2D eigenvalue weighted by atomic mass is 32.1. The molecule has 0 aromatic carbocycles. The van der Waals surface area contributed by atoms with Gasteiger partial charge in [-0.15, -0.1) is 22.7 Å². The summed E-state index contributed by atoms with van der Waals surface area (Å²) in [5.74, 6) is 0. The summed E-state index contributed by atoms with van der Waals surface area (Å²) in [5.41, 5.74) is 1.04. The fraction of sp³-hybridized carbons (Fsp3) is 0.231. The third kappa shape index (κ3) is 2.00. The van der Waals surface area contributed by atoms with Crippen molar-refractivity contribution in [2.45, 2.75) is 19.9 Å². The summed E-state index contributed by atoms with van der Waals surface area (Å²) in [7, 11) is 0. The van der Waals surface area contributed by atoms with Crippen molar-refractivity contribution in [3.8, 4) is 0 Å². The molecule has 3 heterocycles. The Morgan fingerprint density at radius 3 is 3.00 bits per heavy atom. The van der Waals surface area contributed by atoms with Crippen LogP contribution in [0.2, 0.25) is 0 Å². The predicted molar refractivity (Wildman–Crippen MR) is 76.7 cm³/mol. The number of hydrogen-bond donors (Lipinski definition) is 0. The maximum atomic E-state index is 12.2. The number of aromatic nitrogens is 2. The zero-order chi connectivity index (χ0) is 12.5. The summed E-state index contributed by atoms with van der Waals surface area (Å²) >= 11 is 3.25. The number of hydrogen-bond acceptors (Lipinski definition) is 4. The molecule has 92 valence electrons. The highest BCUT2D eigenvalue weighted by Gasteiger charge is 2.06. The number of nitrogens with zero attached hydrogens (tertiary/aromatic N) is 2. The van der Waals surface area contributed by atoms with E-state index in [1.54, 1.807) is 27.2 Å². The molecule has 18 heavy (non-hydrogen) atoms. The molecule has 0 amide bonds. The number of pyridine rings is 1. The van der Waals surface area contributed by atoms with Gasteiger partial charge in [0, 0.05) is 16.3 Å². The van der Waals surface area contributed by atoms with Crippen LogP contribution in [0.1, 0.15) is 17.6 Å². The topological polar surface area (TPSA) is 34.9 Å². The first-order chi connectivity index (χ1) is 8.78. The van der Waals surface area contributed by atoms with Gasteiger partial charge in [0.25, 0.3) is 5.56 Å². The van der Waals surface area contributed by atoms with E-state index in [0.29, 0.717) is 6.54 Å². The highest BCUT2D eigenvalue weighted by Crippen LogP contribution is 2.17. The minimum Gasteiger partial charge on any atom is -0.309 e. The van der Waals surface area contributed by atoms with Crippen LogP contribution < -0.4 is 5.56 Å². The van der Waals surface area contributed by atoms with E-state index in [0.717, 1.165) is 27.2 Å². The molecule has 0 aliphatic heterocycles. The van der Waals surface area contributed by atoms with Crippen molar-refractivity contribution in [3.63, 3.8) is 0 Å². The van der Waals surface area contributed by atoms with E-state index in [-0.39, 0.29) is 5.56 Å². The number of thiophene rings is 1. The molecule has 0 bridgehead atoms. The molecule has 0 aliphatic rings. The summed E-state index contributed by atoms with van der Waals surface area (Å²) in [6, 6.07) is 3.88. The molecular weight excluding hydrogens is 264 g/mol. The first-order valence-corrected chi connectivity index (χ1v) is 7.54. The van der Waals surface area contributed by atoms with Crippen molar-refractivity contribution >= 4 is 32.8 Å². The molecule has 0 saturated heterocycles. The SMILES string of the molecule is CCc1nc(Cn2ccc3sccc3c2=O)cs1. The fourth-order valence-corrected chi connectivity index (χ4v) is 3.40. The molecule has 0 unspecified atom stereocenters. The standard InChI is InChI=1S/C13H12N2OS2/c1-2-12-14-9(8-18-12)7-15-5-3-11-10(13(15)16)4-6-17-11/h3-6,8H,2,7H2,1H3.